The average Bonchev–Trinajstić information content (AvgIpc) is 3.33. The molecule has 0 spiro atoms. The van der Waals surface area contributed by atoms with Gasteiger partial charge in [0.25, 0.3) is 5.91 Å². The van der Waals surface area contributed by atoms with Gasteiger partial charge in [0.2, 0.25) is 5.69 Å². The Labute approximate surface area is 164 Å². The van der Waals surface area contributed by atoms with Crippen molar-refractivity contribution in [1.29, 1.82) is 0 Å². The van der Waals surface area contributed by atoms with Crippen LogP contribution in [0.5, 0.6) is 0 Å². The molecule has 0 radical (unpaired) electrons. The van der Waals surface area contributed by atoms with E-state index in [1.807, 2.05) is 13.8 Å². The normalized spacial score (nSPS) is 15.5. The van der Waals surface area contributed by atoms with Crippen LogP contribution in [-0.4, -0.2) is 45.6 Å². The molecule has 2 heterocycles. The Morgan fingerprint density at radius 3 is 2.61 bits per heavy atom. The minimum Gasteiger partial charge on any atom is -0.348 e. The lowest BCUT2D eigenvalue weighted by atomic mass is 10.0. The van der Waals surface area contributed by atoms with Crippen molar-refractivity contribution < 1.29 is 9.72 Å². The zero-order chi connectivity index (χ0) is 20.1. The number of nitro groups is 1. The molecule has 8 nitrogen and oxygen atoms in total. The summed E-state index contributed by atoms with van der Waals surface area (Å²) in [5, 5.41) is 20.9. The molecule has 0 aliphatic carbocycles. The predicted molar refractivity (Wildman–Crippen MR) is 106 cm³/mol. The fraction of sp³-hybridized carbons (Fsp3) is 0.500. The Bertz CT molecular complexity index is 825. The number of benzene rings is 1. The third kappa shape index (κ3) is 4.39. The third-order valence-electron chi connectivity index (χ3n) is 5.21. The van der Waals surface area contributed by atoms with Crippen molar-refractivity contribution >= 4 is 11.6 Å². The number of nitrogens with one attached hydrogen (secondary N) is 2. The number of H-pyrrole nitrogens is 1. The van der Waals surface area contributed by atoms with Crippen molar-refractivity contribution in [3.8, 4) is 0 Å². The van der Waals surface area contributed by atoms with Gasteiger partial charge in [-0.15, -0.1) is 0 Å². The Balaban J connectivity index is 1.77. The predicted octanol–water partition coefficient (Wildman–Crippen LogP) is 3.15. The average molecular weight is 385 g/mol. The van der Waals surface area contributed by atoms with Gasteiger partial charge >= 0.3 is 5.69 Å². The fourth-order valence-electron chi connectivity index (χ4n) is 3.72. The summed E-state index contributed by atoms with van der Waals surface area (Å²) in [7, 11) is 0. The number of carbonyl (C=O) groups is 1. The lowest BCUT2D eigenvalue weighted by Gasteiger charge is -2.28. The second kappa shape index (κ2) is 8.97. The number of rotatable bonds is 8. The number of amides is 1. The first-order valence-electron chi connectivity index (χ1n) is 9.81. The molecular formula is C20H27N5O3. The zero-order valence-electron chi connectivity index (χ0n) is 16.4. The molecule has 1 unspecified atom stereocenters. The number of aromatic amines is 1. The van der Waals surface area contributed by atoms with Crippen molar-refractivity contribution in [3.63, 3.8) is 0 Å². The van der Waals surface area contributed by atoms with Crippen LogP contribution >= 0.6 is 0 Å². The maximum atomic E-state index is 12.7. The molecule has 1 atom stereocenters. The van der Waals surface area contributed by atoms with E-state index in [9.17, 15) is 14.9 Å². The maximum absolute atomic E-state index is 12.7. The van der Waals surface area contributed by atoms with Gasteiger partial charge in [0.1, 0.15) is 5.69 Å². The summed E-state index contributed by atoms with van der Waals surface area (Å²) < 4.78 is 0. The maximum Gasteiger partial charge on any atom is 0.322 e. The van der Waals surface area contributed by atoms with Crippen LogP contribution in [0.15, 0.2) is 24.3 Å². The Morgan fingerprint density at radius 2 is 2.00 bits per heavy atom. The zero-order valence-corrected chi connectivity index (χ0v) is 16.4. The first-order valence-corrected chi connectivity index (χ1v) is 9.81. The van der Waals surface area contributed by atoms with E-state index in [1.54, 1.807) is 0 Å². The Kier molecular flexibility index (Phi) is 6.41. The summed E-state index contributed by atoms with van der Waals surface area (Å²) in [4.78, 5) is 25.9. The van der Waals surface area contributed by atoms with Crippen LogP contribution in [0, 0.1) is 17.0 Å². The van der Waals surface area contributed by atoms with Crippen molar-refractivity contribution in [1.82, 2.24) is 20.4 Å². The van der Waals surface area contributed by atoms with Gasteiger partial charge in [0.15, 0.2) is 0 Å². The molecule has 1 amide bonds. The second-order valence-corrected chi connectivity index (χ2v) is 7.29. The number of hydrogen-bond donors (Lipinski definition) is 2. The second-order valence-electron chi connectivity index (χ2n) is 7.29. The van der Waals surface area contributed by atoms with E-state index >= 15 is 0 Å². The monoisotopic (exact) mass is 385 g/mol. The quantitative estimate of drug-likeness (QED) is 0.537. The van der Waals surface area contributed by atoms with E-state index in [-0.39, 0.29) is 17.4 Å². The number of carbonyl (C=O) groups excluding carboxylic acids is 1. The van der Waals surface area contributed by atoms with E-state index in [0.717, 1.165) is 37.9 Å². The summed E-state index contributed by atoms with van der Waals surface area (Å²) >= 11 is 0. The fourth-order valence-corrected chi connectivity index (χ4v) is 3.72. The molecule has 2 aromatic rings. The molecule has 0 saturated carbocycles. The van der Waals surface area contributed by atoms with Crippen molar-refractivity contribution in [2.75, 3.05) is 19.6 Å². The molecule has 0 bridgehead atoms. The van der Waals surface area contributed by atoms with Crippen LogP contribution in [0.25, 0.3) is 0 Å². The molecule has 1 fully saturated rings. The number of aryl methyl sites for hydroxylation is 2. The standard InChI is InChI=1S/C20H27N5O3/c1-3-6-16-19(25(27)28)18(23-22-16)20(26)21-13-17(24-11-4-5-12-24)15-9-7-14(2)8-10-15/h7-10,17H,3-6,11-13H2,1-2H3,(H,21,26)(H,22,23). The number of aromatic nitrogens is 2. The summed E-state index contributed by atoms with van der Waals surface area (Å²) in [6.45, 7) is 6.32. The van der Waals surface area contributed by atoms with Crippen LogP contribution in [0.4, 0.5) is 5.69 Å². The summed E-state index contributed by atoms with van der Waals surface area (Å²) in [6.07, 6.45) is 3.49. The van der Waals surface area contributed by atoms with Gasteiger partial charge < -0.3 is 5.32 Å². The molecule has 150 valence electrons. The van der Waals surface area contributed by atoms with Crippen molar-refractivity contribution in [2.45, 2.75) is 45.6 Å². The van der Waals surface area contributed by atoms with Gasteiger partial charge in [-0.25, -0.2) is 0 Å². The molecule has 2 N–H and O–H groups in total. The van der Waals surface area contributed by atoms with E-state index in [0.29, 0.717) is 18.7 Å². The minimum absolute atomic E-state index is 0.0418. The highest BCUT2D eigenvalue weighted by Crippen LogP contribution is 2.26. The lowest BCUT2D eigenvalue weighted by Crippen LogP contribution is -2.37. The molecule has 8 heteroatoms. The first kappa shape index (κ1) is 20.0. The molecule has 1 aromatic heterocycles. The smallest absolute Gasteiger partial charge is 0.322 e. The van der Waals surface area contributed by atoms with Crippen LogP contribution in [0.2, 0.25) is 0 Å². The van der Waals surface area contributed by atoms with E-state index in [4.69, 9.17) is 0 Å². The highest BCUT2D eigenvalue weighted by atomic mass is 16.6. The highest BCUT2D eigenvalue weighted by Gasteiger charge is 2.30. The molecule has 3 rings (SSSR count). The van der Waals surface area contributed by atoms with Crippen LogP contribution in [0.3, 0.4) is 0 Å². The van der Waals surface area contributed by atoms with Crippen LogP contribution in [-0.2, 0) is 6.42 Å². The summed E-state index contributed by atoms with van der Waals surface area (Å²) in [5.41, 5.74) is 2.36. The Morgan fingerprint density at radius 1 is 1.32 bits per heavy atom. The van der Waals surface area contributed by atoms with E-state index in [2.05, 4.69) is 44.7 Å². The van der Waals surface area contributed by atoms with Crippen molar-refractivity contribution in [3.05, 3.63) is 56.9 Å². The van der Waals surface area contributed by atoms with Gasteiger partial charge in [0.05, 0.1) is 11.0 Å². The molecule has 1 saturated heterocycles. The number of likely N-dealkylation sites (tertiary alicyclic amines) is 1. The van der Waals surface area contributed by atoms with Gasteiger partial charge in [-0.3, -0.25) is 24.9 Å². The molecule has 1 aromatic carbocycles. The van der Waals surface area contributed by atoms with Gasteiger partial charge in [-0.1, -0.05) is 43.2 Å². The summed E-state index contributed by atoms with van der Waals surface area (Å²) in [5.74, 6) is -0.512. The van der Waals surface area contributed by atoms with Crippen LogP contribution < -0.4 is 5.32 Å². The molecular weight excluding hydrogens is 358 g/mol. The van der Waals surface area contributed by atoms with Gasteiger partial charge in [-0.2, -0.15) is 5.10 Å². The SMILES string of the molecule is CCCc1[nH]nc(C(=O)NCC(c2ccc(C)cc2)N2CCCC2)c1[N+](=O)[O-]. The first-order chi connectivity index (χ1) is 13.5. The largest absolute Gasteiger partial charge is 0.348 e. The van der Waals surface area contributed by atoms with Gasteiger partial charge in [-0.05, 0) is 44.8 Å². The van der Waals surface area contributed by atoms with Crippen LogP contribution in [0.1, 0.15) is 59.5 Å². The highest BCUT2D eigenvalue weighted by molar-refractivity contribution is 5.96. The Hall–Kier alpha value is -2.74. The van der Waals surface area contributed by atoms with Crippen molar-refractivity contribution in [2.24, 2.45) is 0 Å². The van der Waals surface area contributed by atoms with E-state index in [1.165, 1.54) is 5.56 Å². The summed E-state index contributed by atoms with van der Waals surface area (Å²) in [6, 6.07) is 8.34. The van der Waals surface area contributed by atoms with Gasteiger partial charge in [0, 0.05) is 6.54 Å². The lowest BCUT2D eigenvalue weighted by molar-refractivity contribution is -0.385. The molecule has 1 aliphatic heterocycles. The molecule has 28 heavy (non-hydrogen) atoms. The molecule has 1 aliphatic rings. The van der Waals surface area contributed by atoms with E-state index < -0.39 is 10.8 Å². The minimum atomic E-state index is -0.526. The third-order valence-corrected chi connectivity index (χ3v) is 5.21. The topological polar surface area (TPSA) is 104 Å². The number of hydrogen-bond acceptors (Lipinski definition) is 5. The number of nitrogens with zero attached hydrogens (tertiary/aromatic N) is 3.